The average Bonchev–Trinajstić information content (AvgIpc) is 2.85. The molecule has 1 heterocycles. The average molecular weight is 619 g/mol. The quantitative estimate of drug-likeness (QED) is 0.227. The molecule has 9 nitrogen and oxygen atoms in total. The topological polar surface area (TPSA) is 115 Å². The monoisotopic (exact) mass is 618 g/mol. The van der Waals surface area contributed by atoms with Crippen LogP contribution in [-0.4, -0.2) is 35.0 Å². The number of para-hydroxylation sites is 1. The molecule has 0 aliphatic heterocycles. The van der Waals surface area contributed by atoms with Gasteiger partial charge in [0.05, 0.1) is 27.3 Å². The second-order valence-electron chi connectivity index (χ2n) is 7.44. The number of H-pyrrole nitrogens is 1. The highest BCUT2D eigenvalue weighted by Gasteiger charge is 2.14. The van der Waals surface area contributed by atoms with E-state index in [4.69, 9.17) is 21.1 Å². The number of halogens is 2. The van der Waals surface area contributed by atoms with Gasteiger partial charge in [0.25, 0.3) is 11.5 Å². The van der Waals surface area contributed by atoms with Gasteiger partial charge in [0.1, 0.15) is 0 Å². The number of hydrogen-bond acceptors (Lipinski definition) is 6. The number of nitrogens with one attached hydrogen (secondary N) is 2. The minimum Gasteiger partial charge on any atom is -0.490 e. The molecule has 2 N–H and O–H groups in total. The van der Waals surface area contributed by atoms with Crippen LogP contribution < -0.4 is 26.0 Å². The van der Waals surface area contributed by atoms with Crippen molar-refractivity contribution in [3.8, 4) is 11.5 Å². The molecule has 0 fully saturated rings. The van der Waals surface area contributed by atoms with Crippen LogP contribution in [0.15, 0.2) is 75.4 Å². The predicted molar refractivity (Wildman–Crippen MR) is 148 cm³/mol. The molecule has 0 aliphatic carbocycles. The summed E-state index contributed by atoms with van der Waals surface area (Å²) in [4.78, 5) is 40.0. The van der Waals surface area contributed by atoms with Crippen LogP contribution in [0.5, 0.6) is 11.5 Å². The van der Waals surface area contributed by atoms with Crippen LogP contribution in [0.25, 0.3) is 10.9 Å². The van der Waals surface area contributed by atoms with Gasteiger partial charge >= 0.3 is 5.69 Å². The Kier molecular flexibility index (Phi) is 8.06. The Morgan fingerprint density at radius 3 is 2.64 bits per heavy atom. The summed E-state index contributed by atoms with van der Waals surface area (Å²) >= 11 is 7.92. The number of benzene rings is 3. The molecule has 0 bridgehead atoms. The van der Waals surface area contributed by atoms with Crippen LogP contribution in [0.2, 0.25) is 5.02 Å². The fourth-order valence-electron chi connectivity index (χ4n) is 3.32. The summed E-state index contributed by atoms with van der Waals surface area (Å²) in [6.07, 6.45) is 1.38. The molecule has 1 aromatic heterocycles. The minimum atomic E-state index is -0.652. The summed E-state index contributed by atoms with van der Waals surface area (Å²) in [6, 6.07) is 16.8. The Labute approximate surface area is 223 Å². The number of fused-ring (bicyclic) bond motifs is 1. The Bertz CT molecular complexity index is 1560. The maximum absolute atomic E-state index is 12.7. The van der Waals surface area contributed by atoms with Gasteiger partial charge in [-0.15, -0.1) is 4.68 Å². The van der Waals surface area contributed by atoms with Gasteiger partial charge in [0.2, 0.25) is 0 Å². The lowest BCUT2D eigenvalue weighted by atomic mass is 10.2. The first-order valence-electron chi connectivity index (χ1n) is 10.8. The van der Waals surface area contributed by atoms with Gasteiger partial charge in [0, 0.05) is 10.7 Å². The van der Waals surface area contributed by atoms with Crippen molar-refractivity contribution in [3.63, 3.8) is 0 Å². The zero-order valence-corrected chi connectivity index (χ0v) is 21.9. The van der Waals surface area contributed by atoms with E-state index in [9.17, 15) is 14.4 Å². The fraction of sp³-hybridized carbons (Fsp3) is 0.120. The first kappa shape index (κ1) is 25.5. The van der Waals surface area contributed by atoms with Crippen LogP contribution in [0.3, 0.4) is 0 Å². The molecule has 36 heavy (non-hydrogen) atoms. The van der Waals surface area contributed by atoms with Crippen LogP contribution in [-0.2, 0) is 4.79 Å². The number of ether oxygens (including phenoxy) is 2. The summed E-state index contributed by atoms with van der Waals surface area (Å²) in [6.45, 7) is 1.93. The third kappa shape index (κ3) is 5.94. The van der Waals surface area contributed by atoms with Gasteiger partial charge in [-0.25, -0.2) is 4.79 Å². The number of aromatic nitrogens is 2. The highest BCUT2D eigenvalue weighted by Crippen LogP contribution is 2.34. The van der Waals surface area contributed by atoms with Crippen molar-refractivity contribution >= 4 is 62.9 Å². The zero-order valence-electron chi connectivity index (χ0n) is 19.0. The van der Waals surface area contributed by atoms with Crippen LogP contribution in [0, 0.1) is 3.57 Å². The third-order valence-electron chi connectivity index (χ3n) is 4.91. The molecule has 0 aliphatic rings. The Hall–Kier alpha value is -3.64. The van der Waals surface area contributed by atoms with E-state index in [-0.39, 0.29) is 12.5 Å². The van der Waals surface area contributed by atoms with Crippen molar-refractivity contribution in [2.75, 3.05) is 18.5 Å². The molecule has 4 aromatic rings. The maximum atomic E-state index is 12.7. The zero-order chi connectivity index (χ0) is 25.7. The summed E-state index contributed by atoms with van der Waals surface area (Å²) in [5.74, 6) is 0.433. The first-order chi connectivity index (χ1) is 17.4. The van der Waals surface area contributed by atoms with E-state index in [0.29, 0.717) is 48.9 Å². The van der Waals surface area contributed by atoms with Gasteiger partial charge in [-0.3, -0.25) is 9.59 Å². The summed E-state index contributed by atoms with van der Waals surface area (Å²) in [7, 11) is 0. The number of carbonyl (C=O) groups excluding carboxylic acids is 1. The smallest absolute Gasteiger partial charge is 0.349 e. The van der Waals surface area contributed by atoms with Crippen LogP contribution in [0.1, 0.15) is 12.5 Å². The number of nitrogens with zero attached hydrogens (tertiary/aromatic N) is 2. The molecule has 4 rings (SSSR count). The molecule has 0 radical (unpaired) electrons. The number of anilines is 1. The SMILES string of the molecule is CCOc1cc(C=Nn2c(=O)[nH]c3ccccc3c2=O)cc(I)c1OCC(=O)Nc1ccc(Cl)cc1. The molecule has 0 saturated heterocycles. The summed E-state index contributed by atoms with van der Waals surface area (Å²) in [5, 5.41) is 7.73. The third-order valence-corrected chi connectivity index (χ3v) is 5.97. The molecule has 0 atom stereocenters. The maximum Gasteiger partial charge on any atom is 0.349 e. The molecule has 0 unspecified atom stereocenters. The molecule has 3 aromatic carbocycles. The first-order valence-corrected chi connectivity index (χ1v) is 12.2. The molecule has 184 valence electrons. The van der Waals surface area contributed by atoms with Crippen LogP contribution in [0.4, 0.5) is 5.69 Å². The van der Waals surface area contributed by atoms with E-state index < -0.39 is 11.2 Å². The van der Waals surface area contributed by atoms with E-state index in [0.717, 1.165) is 4.68 Å². The Balaban J connectivity index is 1.55. The van der Waals surface area contributed by atoms with Crippen molar-refractivity contribution in [1.82, 2.24) is 9.66 Å². The predicted octanol–water partition coefficient (Wildman–Crippen LogP) is 4.25. The van der Waals surface area contributed by atoms with Gasteiger partial charge in [-0.2, -0.15) is 5.10 Å². The summed E-state index contributed by atoms with van der Waals surface area (Å²) < 4.78 is 12.9. The van der Waals surface area contributed by atoms with E-state index in [1.165, 1.54) is 6.21 Å². The van der Waals surface area contributed by atoms with E-state index in [1.54, 1.807) is 60.7 Å². The lowest BCUT2D eigenvalue weighted by Crippen LogP contribution is -2.32. The molecule has 1 amide bonds. The van der Waals surface area contributed by atoms with Gasteiger partial charge in [0.15, 0.2) is 18.1 Å². The second kappa shape index (κ2) is 11.4. The van der Waals surface area contributed by atoms with Crippen molar-refractivity contribution in [2.24, 2.45) is 5.10 Å². The number of hydrogen-bond donors (Lipinski definition) is 2. The van der Waals surface area contributed by atoms with Crippen LogP contribution >= 0.6 is 34.2 Å². The van der Waals surface area contributed by atoms with E-state index in [1.807, 2.05) is 6.92 Å². The van der Waals surface area contributed by atoms with Crippen molar-refractivity contribution < 1.29 is 14.3 Å². The standard InChI is InChI=1S/C25H20ClIN4O5/c1-2-35-21-12-15(13-28-31-24(33)18-5-3-4-6-20(18)30-25(31)34)11-19(27)23(21)36-14-22(32)29-17-9-7-16(26)8-10-17/h3-13H,2,14H2,1H3,(H,29,32)(H,30,34). The lowest BCUT2D eigenvalue weighted by Gasteiger charge is -2.14. The van der Waals surface area contributed by atoms with Gasteiger partial charge < -0.3 is 19.8 Å². The molecular weight excluding hydrogens is 599 g/mol. The Morgan fingerprint density at radius 1 is 1.14 bits per heavy atom. The van der Waals surface area contributed by atoms with Gasteiger partial charge in [-0.1, -0.05) is 23.7 Å². The molecule has 0 spiro atoms. The molecular formula is C25H20ClIN4O5. The summed E-state index contributed by atoms with van der Waals surface area (Å²) in [5.41, 5.74) is 0.422. The Morgan fingerprint density at radius 2 is 1.89 bits per heavy atom. The lowest BCUT2D eigenvalue weighted by molar-refractivity contribution is -0.118. The number of amides is 1. The minimum absolute atomic E-state index is 0.242. The van der Waals surface area contributed by atoms with Crippen molar-refractivity contribution in [1.29, 1.82) is 0 Å². The van der Waals surface area contributed by atoms with Crippen molar-refractivity contribution in [3.05, 3.63) is 95.7 Å². The second-order valence-corrected chi connectivity index (χ2v) is 9.04. The van der Waals surface area contributed by atoms with Gasteiger partial charge in [-0.05, 0) is 83.6 Å². The highest BCUT2D eigenvalue weighted by molar-refractivity contribution is 14.1. The normalized spacial score (nSPS) is 11.1. The molecule has 0 saturated carbocycles. The van der Waals surface area contributed by atoms with Crippen molar-refractivity contribution in [2.45, 2.75) is 6.92 Å². The fourth-order valence-corrected chi connectivity index (χ4v) is 4.22. The van der Waals surface area contributed by atoms with E-state index in [2.05, 4.69) is 38.0 Å². The number of carbonyl (C=O) groups is 1. The largest absolute Gasteiger partial charge is 0.490 e. The number of aromatic amines is 1. The highest BCUT2D eigenvalue weighted by atomic mass is 127. The van der Waals surface area contributed by atoms with E-state index >= 15 is 0 Å². The molecule has 11 heteroatoms. The number of rotatable bonds is 8.